The number of imide groups is 1. The lowest BCUT2D eigenvalue weighted by Gasteiger charge is -2.09. The molecule has 7 heteroatoms. The van der Waals surface area contributed by atoms with E-state index in [0.29, 0.717) is 17.3 Å². The predicted octanol–water partition coefficient (Wildman–Crippen LogP) is 3.79. The number of carbonyl (C=O) groups excluding carboxylic acids is 3. The minimum Gasteiger partial charge on any atom is -0.455 e. The van der Waals surface area contributed by atoms with Crippen LogP contribution in [0.1, 0.15) is 42.5 Å². The molecule has 7 nitrogen and oxygen atoms in total. The Balaban J connectivity index is 1.49. The van der Waals surface area contributed by atoms with Crippen molar-refractivity contribution in [2.24, 2.45) is 0 Å². The number of aryl methyl sites for hydroxylation is 1. The van der Waals surface area contributed by atoms with E-state index in [-0.39, 0.29) is 29.8 Å². The first-order chi connectivity index (χ1) is 14.5. The van der Waals surface area contributed by atoms with Gasteiger partial charge in [0.15, 0.2) is 0 Å². The monoisotopic (exact) mass is 402 g/mol. The third-order valence-corrected chi connectivity index (χ3v) is 4.77. The van der Waals surface area contributed by atoms with Crippen LogP contribution in [0.25, 0.3) is 11.5 Å². The molecule has 3 aromatic rings. The highest BCUT2D eigenvalue weighted by Gasteiger charge is 2.35. The Kier molecular flexibility index (Phi) is 5.02. The summed E-state index contributed by atoms with van der Waals surface area (Å²) in [7, 11) is 0. The number of fused-ring (bicyclic) bond motifs is 1. The van der Waals surface area contributed by atoms with Gasteiger partial charge in [-0.15, -0.1) is 6.58 Å². The van der Waals surface area contributed by atoms with Crippen LogP contribution in [0.5, 0.6) is 0 Å². The summed E-state index contributed by atoms with van der Waals surface area (Å²) in [6, 6.07) is 13.7. The van der Waals surface area contributed by atoms with Crippen molar-refractivity contribution in [3.05, 3.63) is 89.3 Å². The number of aromatic nitrogens is 1. The molecule has 0 aliphatic carbocycles. The lowest BCUT2D eigenvalue weighted by atomic mass is 10.1. The number of amides is 2. The average Bonchev–Trinajstić information content (AvgIpc) is 3.25. The van der Waals surface area contributed by atoms with Crippen molar-refractivity contribution in [1.29, 1.82) is 0 Å². The molecule has 1 aromatic heterocycles. The third-order valence-electron chi connectivity index (χ3n) is 4.77. The van der Waals surface area contributed by atoms with E-state index in [1.54, 1.807) is 6.92 Å². The first kappa shape index (κ1) is 19.3. The van der Waals surface area contributed by atoms with Gasteiger partial charge in [-0.3, -0.25) is 14.5 Å². The second kappa shape index (κ2) is 7.79. The number of rotatable bonds is 6. The Hall–Kier alpha value is -4.00. The van der Waals surface area contributed by atoms with Gasteiger partial charge >= 0.3 is 5.97 Å². The van der Waals surface area contributed by atoms with Crippen LogP contribution in [-0.2, 0) is 11.3 Å². The van der Waals surface area contributed by atoms with Gasteiger partial charge in [0.25, 0.3) is 11.8 Å². The first-order valence-electron chi connectivity index (χ1n) is 9.29. The summed E-state index contributed by atoms with van der Waals surface area (Å²) >= 11 is 0. The van der Waals surface area contributed by atoms with Crippen LogP contribution in [-0.4, -0.2) is 34.2 Å². The van der Waals surface area contributed by atoms with Gasteiger partial charge < -0.3 is 9.15 Å². The molecule has 1 aliphatic rings. The molecule has 4 rings (SSSR count). The van der Waals surface area contributed by atoms with Crippen molar-refractivity contribution >= 4 is 17.8 Å². The van der Waals surface area contributed by atoms with Gasteiger partial charge in [0, 0.05) is 12.1 Å². The molecule has 0 atom stereocenters. The number of benzene rings is 2. The van der Waals surface area contributed by atoms with Crippen molar-refractivity contribution < 1.29 is 23.5 Å². The molecule has 30 heavy (non-hydrogen) atoms. The van der Waals surface area contributed by atoms with Crippen molar-refractivity contribution in [2.75, 3.05) is 6.54 Å². The van der Waals surface area contributed by atoms with Crippen LogP contribution < -0.4 is 0 Å². The normalized spacial score (nSPS) is 12.8. The summed E-state index contributed by atoms with van der Waals surface area (Å²) < 4.78 is 11.0. The zero-order valence-corrected chi connectivity index (χ0v) is 16.3. The summed E-state index contributed by atoms with van der Waals surface area (Å²) in [6.45, 7) is 5.33. The Morgan fingerprint density at radius 1 is 1.13 bits per heavy atom. The van der Waals surface area contributed by atoms with E-state index >= 15 is 0 Å². The number of esters is 1. The summed E-state index contributed by atoms with van der Waals surface area (Å²) in [4.78, 5) is 42.7. The fraction of sp³-hybridized carbons (Fsp3) is 0.130. The van der Waals surface area contributed by atoms with Gasteiger partial charge in [0.1, 0.15) is 18.1 Å². The molecule has 0 fully saturated rings. The fourth-order valence-corrected chi connectivity index (χ4v) is 3.20. The molecular formula is C23H18N2O5. The van der Waals surface area contributed by atoms with Crippen LogP contribution in [0.15, 0.2) is 65.6 Å². The van der Waals surface area contributed by atoms with E-state index < -0.39 is 17.8 Å². The standard InChI is InChI=1S/C23H18N2O5/c1-3-11-25-21(26)17-10-9-16(12-18(17)22(25)27)23(28)29-13-19-14(2)30-20(24-19)15-7-5-4-6-8-15/h3-10,12H,1,11,13H2,2H3. The summed E-state index contributed by atoms with van der Waals surface area (Å²) in [6.07, 6.45) is 1.47. The van der Waals surface area contributed by atoms with Crippen LogP contribution >= 0.6 is 0 Å². The smallest absolute Gasteiger partial charge is 0.338 e. The number of nitrogens with zero attached hydrogens (tertiary/aromatic N) is 2. The second-order valence-electron chi connectivity index (χ2n) is 6.73. The molecule has 2 aromatic carbocycles. The summed E-state index contributed by atoms with van der Waals surface area (Å²) in [5.74, 6) is -0.477. The molecule has 0 radical (unpaired) electrons. The predicted molar refractivity (Wildman–Crippen MR) is 108 cm³/mol. The van der Waals surface area contributed by atoms with Gasteiger partial charge in [-0.25, -0.2) is 9.78 Å². The largest absolute Gasteiger partial charge is 0.455 e. The van der Waals surface area contributed by atoms with E-state index in [2.05, 4.69) is 11.6 Å². The zero-order valence-electron chi connectivity index (χ0n) is 16.3. The zero-order chi connectivity index (χ0) is 21.3. The highest BCUT2D eigenvalue weighted by molar-refractivity contribution is 6.22. The molecule has 2 amide bonds. The van der Waals surface area contributed by atoms with E-state index in [1.807, 2.05) is 30.3 Å². The maximum Gasteiger partial charge on any atom is 0.338 e. The SMILES string of the molecule is C=CCN1C(=O)c2ccc(C(=O)OCc3nc(-c4ccccc4)oc3C)cc2C1=O. The average molecular weight is 402 g/mol. The van der Waals surface area contributed by atoms with Crippen LogP contribution in [0.2, 0.25) is 0 Å². The highest BCUT2D eigenvalue weighted by Crippen LogP contribution is 2.25. The van der Waals surface area contributed by atoms with E-state index in [1.165, 1.54) is 24.3 Å². The Morgan fingerprint density at radius 2 is 1.87 bits per heavy atom. The Morgan fingerprint density at radius 3 is 2.60 bits per heavy atom. The minimum absolute atomic E-state index is 0.0758. The fourth-order valence-electron chi connectivity index (χ4n) is 3.20. The number of ether oxygens (including phenoxy) is 1. The molecule has 0 saturated heterocycles. The Bertz CT molecular complexity index is 1160. The molecule has 0 spiro atoms. The molecule has 0 unspecified atom stereocenters. The molecular weight excluding hydrogens is 384 g/mol. The van der Waals surface area contributed by atoms with E-state index in [9.17, 15) is 14.4 Å². The van der Waals surface area contributed by atoms with Crippen LogP contribution in [0.4, 0.5) is 0 Å². The maximum atomic E-state index is 12.5. The molecule has 1 aliphatic heterocycles. The van der Waals surface area contributed by atoms with E-state index in [0.717, 1.165) is 10.5 Å². The number of oxazole rings is 1. The van der Waals surface area contributed by atoms with Gasteiger partial charge in [-0.1, -0.05) is 24.3 Å². The Labute approximate surface area is 172 Å². The van der Waals surface area contributed by atoms with Crippen molar-refractivity contribution in [1.82, 2.24) is 9.88 Å². The summed E-state index contributed by atoms with van der Waals surface area (Å²) in [5, 5.41) is 0. The molecule has 150 valence electrons. The molecule has 0 bridgehead atoms. The topological polar surface area (TPSA) is 89.7 Å². The molecule has 2 heterocycles. The van der Waals surface area contributed by atoms with Gasteiger partial charge in [0.05, 0.1) is 16.7 Å². The number of carbonyl (C=O) groups is 3. The van der Waals surface area contributed by atoms with Crippen molar-refractivity contribution in [3.8, 4) is 11.5 Å². The molecule has 0 N–H and O–H groups in total. The number of hydrogen-bond donors (Lipinski definition) is 0. The lowest BCUT2D eigenvalue weighted by molar-refractivity contribution is 0.0466. The van der Waals surface area contributed by atoms with Crippen LogP contribution in [0.3, 0.4) is 0 Å². The van der Waals surface area contributed by atoms with Crippen LogP contribution in [0, 0.1) is 6.92 Å². The quantitative estimate of drug-likeness (QED) is 0.354. The summed E-state index contributed by atoms with van der Waals surface area (Å²) in [5.41, 5.74) is 1.95. The first-order valence-corrected chi connectivity index (χ1v) is 9.29. The van der Waals surface area contributed by atoms with Crippen molar-refractivity contribution in [3.63, 3.8) is 0 Å². The second-order valence-corrected chi connectivity index (χ2v) is 6.73. The van der Waals surface area contributed by atoms with Gasteiger partial charge in [-0.2, -0.15) is 0 Å². The maximum absolute atomic E-state index is 12.5. The van der Waals surface area contributed by atoms with E-state index in [4.69, 9.17) is 9.15 Å². The lowest BCUT2D eigenvalue weighted by Crippen LogP contribution is -2.29. The third kappa shape index (κ3) is 3.41. The van der Waals surface area contributed by atoms with Gasteiger partial charge in [-0.05, 0) is 37.3 Å². The highest BCUT2D eigenvalue weighted by atomic mass is 16.5. The van der Waals surface area contributed by atoms with Gasteiger partial charge in [0.2, 0.25) is 5.89 Å². The van der Waals surface area contributed by atoms with Crippen molar-refractivity contribution in [2.45, 2.75) is 13.5 Å². The minimum atomic E-state index is -0.621. The number of hydrogen-bond acceptors (Lipinski definition) is 6. The molecule has 0 saturated carbocycles.